The molecule has 90 valence electrons. The number of allylic oxidation sites excluding steroid dienone is 3. The van der Waals surface area contributed by atoms with E-state index in [9.17, 15) is 0 Å². The van der Waals surface area contributed by atoms with E-state index in [1.165, 1.54) is 0 Å². The van der Waals surface area contributed by atoms with Gasteiger partial charge in [0.2, 0.25) is 0 Å². The number of hydrogen-bond donors (Lipinski definition) is 1. The maximum atomic E-state index is 5.71. The molecule has 0 radical (unpaired) electrons. The molecule has 1 aliphatic carbocycles. The summed E-state index contributed by atoms with van der Waals surface area (Å²) >= 11 is 4.59. The summed E-state index contributed by atoms with van der Waals surface area (Å²) in [6, 6.07) is 9.95. The van der Waals surface area contributed by atoms with Gasteiger partial charge in [-0.3, -0.25) is 0 Å². The summed E-state index contributed by atoms with van der Waals surface area (Å²) in [6.07, 6.45) is 10.8. The molecule has 1 aliphatic rings. The topological polar surface area (TPSA) is 9.23 Å². The molecule has 1 aromatic rings. The number of hydrogen-bond acceptors (Lipinski definition) is 2. The van der Waals surface area contributed by atoms with E-state index < -0.39 is 0 Å². The van der Waals surface area contributed by atoms with Crippen LogP contribution < -0.4 is 4.74 Å². The van der Waals surface area contributed by atoms with Crippen molar-refractivity contribution in [2.75, 3.05) is 6.61 Å². The molecule has 0 N–H and O–H groups in total. The fourth-order valence-corrected chi connectivity index (χ4v) is 2.27. The van der Waals surface area contributed by atoms with Gasteiger partial charge in [-0.15, -0.1) is 0 Å². The lowest BCUT2D eigenvalue weighted by Crippen LogP contribution is -2.13. The van der Waals surface area contributed by atoms with Gasteiger partial charge in [0, 0.05) is 5.25 Å². The molecular weight excluding hydrogens is 228 g/mol. The molecule has 0 heterocycles. The molecule has 0 amide bonds. The third-order valence-corrected chi connectivity index (χ3v) is 3.45. The number of para-hydroxylation sites is 1. The van der Waals surface area contributed by atoms with Crippen molar-refractivity contribution in [3.63, 3.8) is 0 Å². The van der Waals surface area contributed by atoms with Gasteiger partial charge in [-0.2, -0.15) is 12.6 Å². The molecule has 0 spiro atoms. The summed E-state index contributed by atoms with van der Waals surface area (Å²) in [4.78, 5) is 0. The fourth-order valence-electron chi connectivity index (χ4n) is 1.90. The molecule has 1 nitrogen and oxygen atoms in total. The summed E-state index contributed by atoms with van der Waals surface area (Å²) in [5.41, 5.74) is 0. The molecule has 1 aromatic carbocycles. The van der Waals surface area contributed by atoms with Crippen molar-refractivity contribution >= 4 is 12.6 Å². The lowest BCUT2D eigenvalue weighted by Gasteiger charge is -2.16. The van der Waals surface area contributed by atoms with Crippen LogP contribution in [0, 0.1) is 5.92 Å². The molecule has 2 heteroatoms. The molecule has 2 atom stereocenters. The highest BCUT2D eigenvalue weighted by Gasteiger charge is 2.13. The van der Waals surface area contributed by atoms with Crippen LogP contribution in [0.2, 0.25) is 0 Å². The quantitative estimate of drug-likeness (QED) is 0.626. The highest BCUT2D eigenvalue weighted by Crippen LogP contribution is 2.21. The lowest BCUT2D eigenvalue weighted by atomic mass is 10.0. The smallest absolute Gasteiger partial charge is 0.119 e. The van der Waals surface area contributed by atoms with Crippen LogP contribution in [0.1, 0.15) is 12.8 Å². The normalized spacial score (nSPS) is 23.4. The largest absolute Gasteiger partial charge is 0.494 e. The van der Waals surface area contributed by atoms with Crippen LogP contribution in [0.4, 0.5) is 0 Å². The average Bonchev–Trinajstić information content (AvgIpc) is 2.56. The maximum Gasteiger partial charge on any atom is 0.119 e. The van der Waals surface area contributed by atoms with Gasteiger partial charge in [0.1, 0.15) is 5.75 Å². The Morgan fingerprint density at radius 3 is 2.71 bits per heavy atom. The van der Waals surface area contributed by atoms with Gasteiger partial charge in [-0.25, -0.2) is 0 Å². The van der Waals surface area contributed by atoms with Crippen molar-refractivity contribution in [3.05, 3.63) is 54.6 Å². The fraction of sp³-hybridized carbons (Fsp3) is 0.333. The molecule has 2 unspecified atom stereocenters. The van der Waals surface area contributed by atoms with E-state index in [1.807, 2.05) is 30.3 Å². The van der Waals surface area contributed by atoms with Gasteiger partial charge in [-0.1, -0.05) is 42.5 Å². The van der Waals surface area contributed by atoms with E-state index >= 15 is 0 Å². The second kappa shape index (κ2) is 6.55. The first kappa shape index (κ1) is 12.3. The third-order valence-electron chi connectivity index (χ3n) is 2.89. The minimum atomic E-state index is 0.313. The Kier molecular flexibility index (Phi) is 4.75. The van der Waals surface area contributed by atoms with E-state index in [4.69, 9.17) is 4.74 Å². The Balaban J connectivity index is 1.80. The van der Waals surface area contributed by atoms with Crippen LogP contribution >= 0.6 is 12.6 Å². The Labute approximate surface area is 109 Å². The maximum absolute atomic E-state index is 5.71. The molecule has 0 aliphatic heterocycles. The van der Waals surface area contributed by atoms with Crippen LogP contribution in [0.15, 0.2) is 54.6 Å². The zero-order valence-corrected chi connectivity index (χ0v) is 10.7. The van der Waals surface area contributed by atoms with E-state index in [2.05, 4.69) is 36.9 Å². The van der Waals surface area contributed by atoms with E-state index in [-0.39, 0.29) is 0 Å². The second-order valence-electron chi connectivity index (χ2n) is 4.20. The van der Waals surface area contributed by atoms with Crippen LogP contribution in [0.25, 0.3) is 0 Å². The highest BCUT2D eigenvalue weighted by molar-refractivity contribution is 7.81. The van der Waals surface area contributed by atoms with Crippen LogP contribution in [0.3, 0.4) is 0 Å². The van der Waals surface area contributed by atoms with Gasteiger partial charge in [0.15, 0.2) is 0 Å². The van der Waals surface area contributed by atoms with E-state index in [0.29, 0.717) is 11.2 Å². The van der Waals surface area contributed by atoms with Crippen molar-refractivity contribution in [3.8, 4) is 5.75 Å². The van der Waals surface area contributed by atoms with Gasteiger partial charge >= 0.3 is 0 Å². The van der Waals surface area contributed by atoms with E-state index in [0.717, 1.165) is 25.2 Å². The Bertz CT molecular complexity index is 383. The Hall–Kier alpha value is -1.15. The molecular formula is C15H18OS. The third kappa shape index (κ3) is 3.97. The second-order valence-corrected chi connectivity index (χ2v) is 4.79. The molecule has 0 fully saturated rings. The van der Waals surface area contributed by atoms with Gasteiger partial charge in [0.25, 0.3) is 0 Å². The summed E-state index contributed by atoms with van der Waals surface area (Å²) in [5.74, 6) is 1.41. The average molecular weight is 246 g/mol. The predicted molar refractivity (Wildman–Crippen MR) is 75.7 cm³/mol. The Morgan fingerprint density at radius 2 is 1.88 bits per heavy atom. The number of thiol groups is 1. The zero-order valence-electron chi connectivity index (χ0n) is 9.83. The van der Waals surface area contributed by atoms with Crippen molar-refractivity contribution in [2.45, 2.75) is 18.1 Å². The first-order valence-corrected chi connectivity index (χ1v) is 6.57. The highest BCUT2D eigenvalue weighted by atomic mass is 32.1. The lowest BCUT2D eigenvalue weighted by molar-refractivity contribution is 0.293. The van der Waals surface area contributed by atoms with Crippen molar-refractivity contribution < 1.29 is 4.74 Å². The van der Waals surface area contributed by atoms with Crippen LogP contribution in [0.5, 0.6) is 5.75 Å². The Morgan fingerprint density at radius 1 is 1.12 bits per heavy atom. The predicted octanol–water partition coefficient (Wildman–Crippen LogP) is 3.89. The van der Waals surface area contributed by atoms with Gasteiger partial charge in [-0.05, 0) is 30.9 Å². The number of ether oxygens (including phenoxy) is 1. The molecule has 0 saturated heterocycles. The van der Waals surface area contributed by atoms with Crippen molar-refractivity contribution in [1.29, 1.82) is 0 Å². The minimum absolute atomic E-state index is 0.313. The first-order chi connectivity index (χ1) is 8.36. The van der Waals surface area contributed by atoms with E-state index in [1.54, 1.807) is 0 Å². The first-order valence-electron chi connectivity index (χ1n) is 6.05. The summed E-state index contributed by atoms with van der Waals surface area (Å²) in [6.45, 7) is 0.740. The molecule has 17 heavy (non-hydrogen) atoms. The van der Waals surface area contributed by atoms with Crippen molar-refractivity contribution in [2.24, 2.45) is 5.92 Å². The molecule has 2 rings (SSSR count). The standard InChI is InChI=1S/C15H18OS/c17-15-10-6-1-3-7-13(15)11-12-16-14-8-4-2-5-9-14/h2-10,13,15,17H,1,11-12H2. The molecule has 0 bridgehead atoms. The number of benzene rings is 1. The zero-order chi connectivity index (χ0) is 11.9. The van der Waals surface area contributed by atoms with Crippen LogP contribution in [-0.2, 0) is 0 Å². The summed E-state index contributed by atoms with van der Waals surface area (Å²) in [7, 11) is 0. The number of rotatable bonds is 4. The summed E-state index contributed by atoms with van der Waals surface area (Å²) in [5, 5.41) is 0.313. The SMILES string of the molecule is SC1C=CCC=CC1CCOc1ccccc1. The van der Waals surface area contributed by atoms with Gasteiger partial charge < -0.3 is 4.74 Å². The molecule has 0 saturated carbocycles. The monoisotopic (exact) mass is 246 g/mol. The molecule has 0 aromatic heterocycles. The van der Waals surface area contributed by atoms with Crippen molar-refractivity contribution in [1.82, 2.24) is 0 Å². The van der Waals surface area contributed by atoms with Crippen LogP contribution in [-0.4, -0.2) is 11.9 Å². The summed E-state index contributed by atoms with van der Waals surface area (Å²) < 4.78 is 5.71. The van der Waals surface area contributed by atoms with Gasteiger partial charge in [0.05, 0.1) is 6.61 Å². The minimum Gasteiger partial charge on any atom is -0.494 e.